The average molecular weight is 361 g/mol. The summed E-state index contributed by atoms with van der Waals surface area (Å²) in [6.07, 6.45) is -1.46. The van der Waals surface area contributed by atoms with E-state index in [-0.39, 0.29) is 11.3 Å². The zero-order chi connectivity index (χ0) is 18.6. The Labute approximate surface area is 146 Å². The number of alkyl halides is 3. The number of benzene rings is 1. The topological polar surface area (TPSA) is 67.2 Å². The SMILES string of the molecule is O=C(Nc1ccc(C(F)(F)F)cc1)c1ccc(NCc2ccco2)nc1. The summed E-state index contributed by atoms with van der Waals surface area (Å²) >= 11 is 0. The van der Waals surface area contributed by atoms with Crippen LogP contribution in [0.25, 0.3) is 0 Å². The summed E-state index contributed by atoms with van der Waals surface area (Å²) in [4.78, 5) is 16.3. The van der Waals surface area contributed by atoms with Crippen LogP contribution in [0, 0.1) is 0 Å². The van der Waals surface area contributed by atoms with Crippen molar-refractivity contribution in [1.29, 1.82) is 0 Å². The highest BCUT2D eigenvalue weighted by Gasteiger charge is 2.29. The molecule has 0 radical (unpaired) electrons. The van der Waals surface area contributed by atoms with Crippen LogP contribution >= 0.6 is 0 Å². The Morgan fingerprint density at radius 1 is 1.08 bits per heavy atom. The van der Waals surface area contributed by atoms with Gasteiger partial charge in [-0.05, 0) is 48.5 Å². The maximum Gasteiger partial charge on any atom is 0.416 e. The van der Waals surface area contributed by atoms with E-state index in [1.54, 1.807) is 24.5 Å². The number of hydrogen-bond donors (Lipinski definition) is 2. The Bertz CT molecular complexity index is 858. The maximum absolute atomic E-state index is 12.5. The zero-order valence-electron chi connectivity index (χ0n) is 13.4. The van der Waals surface area contributed by atoms with E-state index in [9.17, 15) is 18.0 Å². The van der Waals surface area contributed by atoms with Crippen LogP contribution in [-0.4, -0.2) is 10.9 Å². The van der Waals surface area contributed by atoms with Crippen molar-refractivity contribution < 1.29 is 22.4 Å². The van der Waals surface area contributed by atoms with Crippen molar-refractivity contribution in [3.63, 3.8) is 0 Å². The number of furan rings is 1. The van der Waals surface area contributed by atoms with E-state index in [0.717, 1.165) is 17.9 Å². The summed E-state index contributed by atoms with van der Waals surface area (Å²) in [5.41, 5.74) is -0.222. The average Bonchev–Trinajstić information content (AvgIpc) is 3.13. The van der Waals surface area contributed by atoms with E-state index in [1.165, 1.54) is 18.3 Å². The molecule has 0 aliphatic rings. The van der Waals surface area contributed by atoms with Gasteiger partial charge >= 0.3 is 6.18 Å². The van der Waals surface area contributed by atoms with Crippen LogP contribution in [0.1, 0.15) is 21.7 Å². The van der Waals surface area contributed by atoms with E-state index in [2.05, 4.69) is 15.6 Å². The van der Waals surface area contributed by atoms with Gasteiger partial charge in [0.25, 0.3) is 5.91 Å². The van der Waals surface area contributed by atoms with Crippen LogP contribution in [0.5, 0.6) is 0 Å². The fraction of sp³-hybridized carbons (Fsp3) is 0.111. The van der Waals surface area contributed by atoms with Gasteiger partial charge in [0.2, 0.25) is 0 Å². The smallest absolute Gasteiger partial charge is 0.416 e. The summed E-state index contributed by atoms with van der Waals surface area (Å²) < 4.78 is 42.8. The highest BCUT2D eigenvalue weighted by atomic mass is 19.4. The highest BCUT2D eigenvalue weighted by molar-refractivity contribution is 6.04. The molecule has 3 rings (SSSR count). The number of pyridine rings is 1. The first-order valence-corrected chi connectivity index (χ1v) is 7.63. The van der Waals surface area contributed by atoms with E-state index >= 15 is 0 Å². The second-order valence-electron chi connectivity index (χ2n) is 5.39. The van der Waals surface area contributed by atoms with Gasteiger partial charge < -0.3 is 15.1 Å². The minimum atomic E-state index is -4.41. The normalized spacial score (nSPS) is 11.2. The number of amides is 1. The predicted molar refractivity (Wildman–Crippen MR) is 89.7 cm³/mol. The molecule has 5 nitrogen and oxygen atoms in total. The van der Waals surface area contributed by atoms with Gasteiger partial charge in [-0.1, -0.05) is 0 Å². The van der Waals surface area contributed by atoms with Crippen LogP contribution in [0.2, 0.25) is 0 Å². The fourth-order valence-electron chi connectivity index (χ4n) is 2.17. The molecule has 26 heavy (non-hydrogen) atoms. The minimum Gasteiger partial charge on any atom is -0.467 e. The molecular weight excluding hydrogens is 347 g/mol. The number of nitrogens with zero attached hydrogens (tertiary/aromatic N) is 1. The monoisotopic (exact) mass is 361 g/mol. The second-order valence-corrected chi connectivity index (χ2v) is 5.39. The van der Waals surface area contributed by atoms with Crippen molar-refractivity contribution in [2.75, 3.05) is 10.6 Å². The summed E-state index contributed by atoms with van der Waals surface area (Å²) in [7, 11) is 0. The van der Waals surface area contributed by atoms with Crippen molar-refractivity contribution in [2.24, 2.45) is 0 Å². The lowest BCUT2D eigenvalue weighted by molar-refractivity contribution is -0.137. The molecule has 1 aromatic carbocycles. The zero-order valence-corrected chi connectivity index (χ0v) is 13.4. The summed E-state index contributed by atoms with van der Waals surface area (Å²) in [5, 5.41) is 5.57. The summed E-state index contributed by atoms with van der Waals surface area (Å²) in [5.74, 6) is 0.846. The van der Waals surface area contributed by atoms with Crippen LogP contribution < -0.4 is 10.6 Å². The number of carbonyl (C=O) groups excluding carboxylic acids is 1. The molecule has 0 saturated heterocycles. The number of carbonyl (C=O) groups is 1. The van der Waals surface area contributed by atoms with Gasteiger partial charge in [0, 0.05) is 11.9 Å². The molecule has 134 valence electrons. The van der Waals surface area contributed by atoms with Crippen molar-refractivity contribution in [2.45, 2.75) is 12.7 Å². The molecule has 0 atom stereocenters. The van der Waals surface area contributed by atoms with E-state index in [0.29, 0.717) is 12.4 Å². The molecule has 0 bridgehead atoms. The molecule has 2 aromatic heterocycles. The maximum atomic E-state index is 12.5. The molecule has 0 aliphatic heterocycles. The lowest BCUT2D eigenvalue weighted by atomic mass is 10.2. The van der Waals surface area contributed by atoms with Gasteiger partial charge in [-0.25, -0.2) is 4.98 Å². The largest absolute Gasteiger partial charge is 0.467 e. The molecule has 0 spiro atoms. The van der Waals surface area contributed by atoms with Crippen LogP contribution in [0.15, 0.2) is 65.4 Å². The first-order chi connectivity index (χ1) is 12.4. The fourth-order valence-corrected chi connectivity index (χ4v) is 2.17. The third-order valence-corrected chi connectivity index (χ3v) is 3.52. The van der Waals surface area contributed by atoms with Crippen LogP contribution in [-0.2, 0) is 12.7 Å². The van der Waals surface area contributed by atoms with Gasteiger partial charge in [-0.15, -0.1) is 0 Å². The second kappa shape index (κ2) is 7.30. The molecule has 0 fully saturated rings. The highest BCUT2D eigenvalue weighted by Crippen LogP contribution is 2.29. The van der Waals surface area contributed by atoms with Crippen molar-refractivity contribution >= 4 is 17.4 Å². The third kappa shape index (κ3) is 4.41. The quantitative estimate of drug-likeness (QED) is 0.699. The summed E-state index contributed by atoms with van der Waals surface area (Å²) in [6.45, 7) is 0.455. The molecule has 0 unspecified atom stereocenters. The molecular formula is C18H14F3N3O2. The van der Waals surface area contributed by atoms with Crippen molar-refractivity contribution in [3.8, 4) is 0 Å². The molecule has 2 heterocycles. The van der Waals surface area contributed by atoms with Crippen LogP contribution in [0.3, 0.4) is 0 Å². The number of halogens is 3. The van der Waals surface area contributed by atoms with E-state index in [1.807, 2.05) is 6.07 Å². The van der Waals surface area contributed by atoms with Gasteiger partial charge in [0.15, 0.2) is 0 Å². The lowest BCUT2D eigenvalue weighted by Crippen LogP contribution is -2.13. The van der Waals surface area contributed by atoms with E-state index in [4.69, 9.17) is 4.42 Å². The standard InChI is InChI=1S/C18H14F3N3O2/c19-18(20,21)13-4-6-14(7-5-13)24-17(25)12-3-8-16(22-10-12)23-11-15-2-1-9-26-15/h1-10H,11H2,(H,22,23)(H,24,25). The Morgan fingerprint density at radius 2 is 1.85 bits per heavy atom. The Balaban J connectivity index is 1.59. The molecule has 3 aromatic rings. The predicted octanol–water partition coefficient (Wildman–Crippen LogP) is 4.56. The number of nitrogens with one attached hydrogen (secondary N) is 2. The molecule has 1 amide bonds. The third-order valence-electron chi connectivity index (χ3n) is 3.52. The van der Waals surface area contributed by atoms with Gasteiger partial charge in [-0.2, -0.15) is 13.2 Å². The minimum absolute atomic E-state index is 0.267. The van der Waals surface area contributed by atoms with Gasteiger partial charge in [0.1, 0.15) is 11.6 Å². The number of rotatable bonds is 5. The Morgan fingerprint density at radius 3 is 2.42 bits per heavy atom. The van der Waals surface area contributed by atoms with E-state index < -0.39 is 17.6 Å². The van der Waals surface area contributed by atoms with Crippen molar-refractivity contribution in [1.82, 2.24) is 4.98 Å². The first kappa shape index (κ1) is 17.5. The Hall–Kier alpha value is -3.29. The van der Waals surface area contributed by atoms with Crippen molar-refractivity contribution in [3.05, 3.63) is 77.9 Å². The number of anilines is 2. The molecule has 8 heteroatoms. The van der Waals surface area contributed by atoms with Gasteiger partial charge in [-0.3, -0.25) is 4.79 Å². The molecule has 2 N–H and O–H groups in total. The Kier molecular flexibility index (Phi) is 4.92. The first-order valence-electron chi connectivity index (χ1n) is 7.63. The lowest BCUT2D eigenvalue weighted by Gasteiger charge is -2.09. The molecule has 0 aliphatic carbocycles. The number of hydrogen-bond acceptors (Lipinski definition) is 4. The number of aromatic nitrogens is 1. The molecule has 0 saturated carbocycles. The van der Waals surface area contributed by atoms with Gasteiger partial charge in [0.05, 0.1) is 23.9 Å². The van der Waals surface area contributed by atoms with Crippen LogP contribution in [0.4, 0.5) is 24.7 Å². The summed E-state index contributed by atoms with van der Waals surface area (Å²) in [6, 6.07) is 11.0.